The van der Waals surface area contributed by atoms with E-state index in [-0.39, 0.29) is 17.3 Å². The monoisotopic (exact) mass is 275 g/mol. The van der Waals surface area contributed by atoms with Gasteiger partial charge in [-0.1, -0.05) is 0 Å². The number of H-pyrrole nitrogens is 1. The van der Waals surface area contributed by atoms with Crippen LogP contribution in [-0.2, 0) is 6.54 Å². The molecule has 0 aliphatic rings. The largest absolute Gasteiger partial charge is 0.393 e. The zero-order chi connectivity index (χ0) is 14.7. The number of benzene rings is 1. The molecular formula is C12H13N5O3. The van der Waals surface area contributed by atoms with Gasteiger partial charge in [0.2, 0.25) is 0 Å². The summed E-state index contributed by atoms with van der Waals surface area (Å²) in [6.07, 6.45) is 3.31. The van der Waals surface area contributed by atoms with Crippen molar-refractivity contribution in [2.75, 3.05) is 12.8 Å². The number of aromatic nitrogens is 2. The van der Waals surface area contributed by atoms with Gasteiger partial charge in [0.05, 0.1) is 11.1 Å². The van der Waals surface area contributed by atoms with Crippen LogP contribution < -0.4 is 5.73 Å². The third kappa shape index (κ3) is 2.74. The fourth-order valence-corrected chi connectivity index (χ4v) is 1.78. The van der Waals surface area contributed by atoms with E-state index in [0.717, 1.165) is 5.56 Å². The van der Waals surface area contributed by atoms with E-state index in [1.54, 1.807) is 19.4 Å². The Morgan fingerprint density at radius 1 is 1.55 bits per heavy atom. The van der Waals surface area contributed by atoms with Gasteiger partial charge in [-0.2, -0.15) is 5.10 Å². The minimum Gasteiger partial charge on any atom is -0.393 e. The van der Waals surface area contributed by atoms with Crippen molar-refractivity contribution in [2.24, 2.45) is 0 Å². The van der Waals surface area contributed by atoms with Crippen LogP contribution in [0.5, 0.6) is 0 Å². The lowest BCUT2D eigenvalue weighted by Crippen LogP contribution is -2.26. The maximum Gasteiger partial charge on any atom is 0.292 e. The van der Waals surface area contributed by atoms with Crippen molar-refractivity contribution >= 4 is 17.3 Å². The molecule has 0 unspecified atom stereocenters. The number of nitrogens with two attached hydrogens (primary N) is 1. The van der Waals surface area contributed by atoms with Crippen LogP contribution in [-0.4, -0.2) is 33.0 Å². The number of rotatable bonds is 4. The van der Waals surface area contributed by atoms with Crippen molar-refractivity contribution < 1.29 is 9.72 Å². The SMILES string of the molecule is CN(Cc1cn[nH]c1)C(=O)c1ccc([N+](=O)[O-])c(N)c1. The Hall–Kier alpha value is -2.90. The molecule has 8 heteroatoms. The Morgan fingerprint density at radius 2 is 2.30 bits per heavy atom. The smallest absolute Gasteiger partial charge is 0.292 e. The molecule has 3 N–H and O–H groups in total. The van der Waals surface area contributed by atoms with Gasteiger partial charge in [0.15, 0.2) is 0 Å². The molecule has 1 aromatic heterocycles. The maximum absolute atomic E-state index is 12.2. The zero-order valence-electron chi connectivity index (χ0n) is 10.7. The van der Waals surface area contributed by atoms with Crippen LogP contribution in [0.1, 0.15) is 15.9 Å². The fourth-order valence-electron chi connectivity index (χ4n) is 1.78. The first-order valence-corrected chi connectivity index (χ1v) is 5.76. The van der Waals surface area contributed by atoms with Crippen LogP contribution in [0.3, 0.4) is 0 Å². The van der Waals surface area contributed by atoms with E-state index in [1.165, 1.54) is 23.1 Å². The van der Waals surface area contributed by atoms with Crippen LogP contribution in [0.25, 0.3) is 0 Å². The Kier molecular flexibility index (Phi) is 3.65. The average Bonchev–Trinajstić information content (AvgIpc) is 2.90. The maximum atomic E-state index is 12.2. The number of amides is 1. The second-order valence-corrected chi connectivity index (χ2v) is 4.30. The molecule has 0 fully saturated rings. The van der Waals surface area contributed by atoms with E-state index in [4.69, 9.17) is 5.73 Å². The number of hydrogen-bond donors (Lipinski definition) is 2. The topological polar surface area (TPSA) is 118 Å². The average molecular weight is 275 g/mol. The number of carbonyl (C=O) groups is 1. The van der Waals surface area contributed by atoms with Crippen molar-refractivity contribution in [2.45, 2.75) is 6.54 Å². The lowest BCUT2D eigenvalue weighted by atomic mass is 10.1. The highest BCUT2D eigenvalue weighted by atomic mass is 16.6. The zero-order valence-corrected chi connectivity index (χ0v) is 10.7. The van der Waals surface area contributed by atoms with Crippen molar-refractivity contribution in [3.05, 3.63) is 51.8 Å². The van der Waals surface area contributed by atoms with Crippen LogP contribution in [0, 0.1) is 10.1 Å². The van der Waals surface area contributed by atoms with Gasteiger partial charge in [-0.15, -0.1) is 0 Å². The lowest BCUT2D eigenvalue weighted by molar-refractivity contribution is -0.383. The molecule has 2 aromatic rings. The molecule has 1 heterocycles. The minimum atomic E-state index is -0.585. The van der Waals surface area contributed by atoms with Gasteiger partial charge < -0.3 is 10.6 Å². The number of nitro groups is 1. The Balaban J connectivity index is 2.16. The highest BCUT2D eigenvalue weighted by molar-refractivity contribution is 5.95. The Morgan fingerprint density at radius 3 is 2.85 bits per heavy atom. The second-order valence-electron chi connectivity index (χ2n) is 4.30. The van der Waals surface area contributed by atoms with Gasteiger partial charge in [-0.05, 0) is 12.1 Å². The molecule has 0 saturated carbocycles. The number of nitro benzene ring substituents is 1. The summed E-state index contributed by atoms with van der Waals surface area (Å²) in [5.74, 6) is -0.271. The Labute approximate surface area is 114 Å². The van der Waals surface area contributed by atoms with E-state index >= 15 is 0 Å². The molecular weight excluding hydrogens is 262 g/mol. The van der Waals surface area contributed by atoms with Gasteiger partial charge in [0, 0.05) is 37.0 Å². The van der Waals surface area contributed by atoms with Crippen LogP contribution >= 0.6 is 0 Å². The van der Waals surface area contributed by atoms with Gasteiger partial charge in [-0.25, -0.2) is 0 Å². The molecule has 0 saturated heterocycles. The number of nitrogen functional groups attached to an aromatic ring is 1. The first kappa shape index (κ1) is 13.5. The van der Waals surface area contributed by atoms with Crippen molar-refractivity contribution in [1.29, 1.82) is 0 Å². The summed E-state index contributed by atoms with van der Waals surface area (Å²) in [4.78, 5) is 23.7. The lowest BCUT2D eigenvalue weighted by Gasteiger charge is -2.16. The highest BCUT2D eigenvalue weighted by Gasteiger charge is 2.17. The molecule has 0 radical (unpaired) electrons. The summed E-state index contributed by atoms with van der Waals surface area (Å²) >= 11 is 0. The Bertz CT molecular complexity index is 639. The van der Waals surface area contributed by atoms with E-state index in [0.29, 0.717) is 12.1 Å². The van der Waals surface area contributed by atoms with Crippen LogP contribution in [0.2, 0.25) is 0 Å². The number of anilines is 1. The quantitative estimate of drug-likeness (QED) is 0.493. The molecule has 1 amide bonds. The third-order valence-electron chi connectivity index (χ3n) is 2.79. The first-order chi connectivity index (χ1) is 9.49. The predicted molar refractivity (Wildman–Crippen MR) is 71.9 cm³/mol. The van der Waals surface area contributed by atoms with E-state index in [2.05, 4.69) is 10.2 Å². The van der Waals surface area contributed by atoms with E-state index in [1.807, 2.05) is 0 Å². The normalized spacial score (nSPS) is 10.2. The van der Waals surface area contributed by atoms with Crippen molar-refractivity contribution in [3.8, 4) is 0 Å². The second kappa shape index (κ2) is 5.39. The third-order valence-corrected chi connectivity index (χ3v) is 2.79. The summed E-state index contributed by atoms with van der Waals surface area (Å²) in [5, 5.41) is 17.1. The summed E-state index contributed by atoms with van der Waals surface area (Å²) in [5.41, 5.74) is 6.49. The number of aromatic amines is 1. The molecule has 0 aliphatic carbocycles. The number of nitrogens with one attached hydrogen (secondary N) is 1. The summed E-state index contributed by atoms with van der Waals surface area (Å²) < 4.78 is 0. The molecule has 0 spiro atoms. The molecule has 8 nitrogen and oxygen atoms in total. The number of carbonyl (C=O) groups excluding carboxylic acids is 1. The molecule has 0 aliphatic heterocycles. The standard InChI is InChI=1S/C12H13N5O3/c1-16(7-8-5-14-15-6-8)12(18)9-2-3-11(17(19)20)10(13)4-9/h2-6H,7,13H2,1H3,(H,14,15). The first-order valence-electron chi connectivity index (χ1n) is 5.76. The molecule has 1 aromatic carbocycles. The van der Waals surface area contributed by atoms with Crippen LogP contribution in [0.4, 0.5) is 11.4 Å². The molecule has 104 valence electrons. The minimum absolute atomic E-state index is 0.0300. The van der Waals surface area contributed by atoms with E-state index in [9.17, 15) is 14.9 Å². The summed E-state index contributed by atoms with van der Waals surface area (Å²) in [6.45, 7) is 0.381. The van der Waals surface area contributed by atoms with Gasteiger partial charge in [-0.3, -0.25) is 20.0 Å². The van der Waals surface area contributed by atoms with Crippen LogP contribution in [0.15, 0.2) is 30.6 Å². The highest BCUT2D eigenvalue weighted by Crippen LogP contribution is 2.22. The number of hydrogen-bond acceptors (Lipinski definition) is 5. The summed E-state index contributed by atoms with van der Waals surface area (Å²) in [6, 6.07) is 3.93. The molecule has 2 rings (SSSR count). The molecule has 0 bridgehead atoms. The predicted octanol–water partition coefficient (Wildman–Crippen LogP) is 1.17. The van der Waals surface area contributed by atoms with Gasteiger partial charge >= 0.3 is 0 Å². The molecule has 0 atom stereocenters. The fraction of sp³-hybridized carbons (Fsp3) is 0.167. The van der Waals surface area contributed by atoms with E-state index < -0.39 is 4.92 Å². The molecule has 20 heavy (non-hydrogen) atoms. The van der Waals surface area contributed by atoms with Gasteiger partial charge in [0.25, 0.3) is 11.6 Å². The van der Waals surface area contributed by atoms with Gasteiger partial charge in [0.1, 0.15) is 5.69 Å². The van der Waals surface area contributed by atoms with Crippen molar-refractivity contribution in [3.63, 3.8) is 0 Å². The van der Waals surface area contributed by atoms with Crippen molar-refractivity contribution in [1.82, 2.24) is 15.1 Å². The summed E-state index contributed by atoms with van der Waals surface area (Å²) in [7, 11) is 1.63. The number of nitrogens with zero attached hydrogens (tertiary/aromatic N) is 3.